The Morgan fingerprint density at radius 2 is 2.00 bits per heavy atom. The number of rotatable bonds is 6. The van der Waals surface area contributed by atoms with E-state index in [1.807, 2.05) is 0 Å². The topological polar surface area (TPSA) is 29.5 Å². The zero-order valence-electron chi connectivity index (χ0n) is 8.39. The van der Waals surface area contributed by atoms with Gasteiger partial charge in [-0.2, -0.15) is 0 Å². The van der Waals surface area contributed by atoms with Crippen molar-refractivity contribution < 1.29 is 9.84 Å². The SMILES string of the molecule is C=C(COCCO)C[Si](C)(C)C. The summed E-state index contributed by atoms with van der Waals surface area (Å²) in [4.78, 5) is 0. The summed E-state index contributed by atoms with van der Waals surface area (Å²) in [6.07, 6.45) is 0. The van der Waals surface area contributed by atoms with Gasteiger partial charge in [0.25, 0.3) is 0 Å². The van der Waals surface area contributed by atoms with Crippen molar-refractivity contribution in [2.45, 2.75) is 25.7 Å². The van der Waals surface area contributed by atoms with Crippen LogP contribution in [0.5, 0.6) is 0 Å². The molecule has 72 valence electrons. The van der Waals surface area contributed by atoms with Gasteiger partial charge in [-0.15, -0.1) is 0 Å². The average molecular weight is 188 g/mol. The van der Waals surface area contributed by atoms with E-state index in [0.29, 0.717) is 13.2 Å². The minimum Gasteiger partial charge on any atom is -0.394 e. The maximum absolute atomic E-state index is 8.47. The van der Waals surface area contributed by atoms with E-state index in [4.69, 9.17) is 9.84 Å². The van der Waals surface area contributed by atoms with Crippen LogP contribution in [0.2, 0.25) is 25.7 Å². The molecule has 0 unspecified atom stereocenters. The maximum Gasteiger partial charge on any atom is 0.0702 e. The van der Waals surface area contributed by atoms with Gasteiger partial charge in [-0.3, -0.25) is 0 Å². The molecule has 0 aromatic heterocycles. The highest BCUT2D eigenvalue weighted by atomic mass is 28.3. The number of hydrogen-bond acceptors (Lipinski definition) is 2. The Labute approximate surface area is 76.3 Å². The monoisotopic (exact) mass is 188 g/mol. The van der Waals surface area contributed by atoms with Gasteiger partial charge in [0.2, 0.25) is 0 Å². The van der Waals surface area contributed by atoms with E-state index >= 15 is 0 Å². The van der Waals surface area contributed by atoms with Crippen molar-refractivity contribution in [1.29, 1.82) is 0 Å². The van der Waals surface area contributed by atoms with Crippen LogP contribution in [0.3, 0.4) is 0 Å². The van der Waals surface area contributed by atoms with E-state index in [9.17, 15) is 0 Å². The third-order valence-corrected chi connectivity index (χ3v) is 2.88. The van der Waals surface area contributed by atoms with Crippen LogP contribution >= 0.6 is 0 Å². The fraction of sp³-hybridized carbons (Fsp3) is 0.778. The van der Waals surface area contributed by atoms with E-state index in [1.54, 1.807) is 0 Å². The van der Waals surface area contributed by atoms with Crippen LogP contribution in [-0.4, -0.2) is 33.0 Å². The lowest BCUT2D eigenvalue weighted by Crippen LogP contribution is -2.21. The molecule has 0 heterocycles. The first-order chi connectivity index (χ1) is 5.45. The zero-order chi connectivity index (χ0) is 9.61. The van der Waals surface area contributed by atoms with Gasteiger partial charge in [-0.1, -0.05) is 31.8 Å². The fourth-order valence-corrected chi connectivity index (χ4v) is 2.68. The highest BCUT2D eigenvalue weighted by Crippen LogP contribution is 2.14. The van der Waals surface area contributed by atoms with E-state index in [0.717, 1.165) is 11.6 Å². The van der Waals surface area contributed by atoms with Crippen LogP contribution in [0.4, 0.5) is 0 Å². The molecule has 2 nitrogen and oxygen atoms in total. The molecule has 12 heavy (non-hydrogen) atoms. The molecular formula is C9H20O2Si. The molecule has 0 saturated heterocycles. The second kappa shape index (κ2) is 5.51. The fourth-order valence-electron chi connectivity index (χ4n) is 1.08. The third-order valence-electron chi connectivity index (χ3n) is 1.32. The quantitative estimate of drug-likeness (QED) is 0.392. The summed E-state index contributed by atoms with van der Waals surface area (Å²) >= 11 is 0. The Hall–Kier alpha value is -0.123. The highest BCUT2D eigenvalue weighted by Gasteiger charge is 2.13. The van der Waals surface area contributed by atoms with E-state index in [2.05, 4.69) is 26.2 Å². The second-order valence-corrected chi connectivity index (χ2v) is 9.74. The zero-order valence-corrected chi connectivity index (χ0v) is 9.39. The van der Waals surface area contributed by atoms with E-state index < -0.39 is 8.07 Å². The van der Waals surface area contributed by atoms with Crippen LogP contribution in [0.15, 0.2) is 12.2 Å². The van der Waals surface area contributed by atoms with Crippen molar-refractivity contribution in [1.82, 2.24) is 0 Å². The molecule has 0 saturated carbocycles. The van der Waals surface area contributed by atoms with Gasteiger partial charge < -0.3 is 9.84 Å². The average Bonchev–Trinajstić information content (AvgIpc) is 1.84. The predicted molar refractivity (Wildman–Crippen MR) is 55.2 cm³/mol. The van der Waals surface area contributed by atoms with Crippen molar-refractivity contribution in [3.63, 3.8) is 0 Å². The smallest absolute Gasteiger partial charge is 0.0702 e. The molecule has 0 amide bonds. The largest absolute Gasteiger partial charge is 0.394 e. The minimum atomic E-state index is -1.02. The molecule has 0 fully saturated rings. The third kappa shape index (κ3) is 7.98. The number of aliphatic hydroxyl groups is 1. The normalized spacial score (nSPS) is 11.7. The second-order valence-electron chi connectivity index (χ2n) is 4.26. The van der Waals surface area contributed by atoms with Gasteiger partial charge in [-0.25, -0.2) is 0 Å². The molecule has 3 heteroatoms. The van der Waals surface area contributed by atoms with Crippen LogP contribution < -0.4 is 0 Å². The molecule has 0 aromatic rings. The van der Waals surface area contributed by atoms with Crippen LogP contribution in [-0.2, 0) is 4.74 Å². The Morgan fingerprint density at radius 1 is 1.42 bits per heavy atom. The van der Waals surface area contributed by atoms with Crippen molar-refractivity contribution in [2.75, 3.05) is 19.8 Å². The van der Waals surface area contributed by atoms with Gasteiger partial charge in [0.05, 0.1) is 19.8 Å². The van der Waals surface area contributed by atoms with Gasteiger partial charge in [0.15, 0.2) is 0 Å². The summed E-state index contributed by atoms with van der Waals surface area (Å²) in [6, 6.07) is 1.11. The van der Waals surface area contributed by atoms with Gasteiger partial charge in [-0.05, 0) is 6.04 Å². The van der Waals surface area contributed by atoms with Crippen LogP contribution in [0, 0.1) is 0 Å². The number of ether oxygens (including phenoxy) is 1. The lowest BCUT2D eigenvalue weighted by atomic mass is 10.4. The molecule has 0 aliphatic heterocycles. The maximum atomic E-state index is 8.47. The Balaban J connectivity index is 3.47. The van der Waals surface area contributed by atoms with E-state index in [1.165, 1.54) is 0 Å². The molecule has 0 aromatic carbocycles. The summed E-state index contributed by atoms with van der Waals surface area (Å²) in [6.45, 7) is 12.0. The lowest BCUT2D eigenvalue weighted by molar-refractivity contribution is 0.108. The summed E-state index contributed by atoms with van der Waals surface area (Å²) in [7, 11) is -1.02. The van der Waals surface area contributed by atoms with Crippen molar-refractivity contribution >= 4 is 8.07 Å². The van der Waals surface area contributed by atoms with Crippen LogP contribution in [0.25, 0.3) is 0 Å². The number of aliphatic hydroxyl groups excluding tert-OH is 1. The lowest BCUT2D eigenvalue weighted by Gasteiger charge is -2.17. The number of hydrogen-bond donors (Lipinski definition) is 1. The van der Waals surface area contributed by atoms with Crippen molar-refractivity contribution in [3.05, 3.63) is 12.2 Å². The molecule has 0 aliphatic rings. The first kappa shape index (κ1) is 11.9. The van der Waals surface area contributed by atoms with E-state index in [-0.39, 0.29) is 6.61 Å². The first-order valence-corrected chi connectivity index (χ1v) is 8.01. The summed E-state index contributed by atoms with van der Waals surface area (Å²) in [5.41, 5.74) is 1.16. The van der Waals surface area contributed by atoms with Crippen LogP contribution in [0.1, 0.15) is 0 Å². The molecular weight excluding hydrogens is 168 g/mol. The molecule has 0 aliphatic carbocycles. The molecule has 1 N–H and O–H groups in total. The Morgan fingerprint density at radius 3 is 2.42 bits per heavy atom. The summed E-state index contributed by atoms with van der Waals surface area (Å²) in [5.74, 6) is 0. The van der Waals surface area contributed by atoms with Gasteiger partial charge in [0, 0.05) is 8.07 Å². The first-order valence-electron chi connectivity index (χ1n) is 4.31. The minimum absolute atomic E-state index is 0.0974. The summed E-state index contributed by atoms with van der Waals surface area (Å²) in [5, 5.41) is 8.47. The molecule has 0 bridgehead atoms. The molecule has 0 rings (SSSR count). The standard InChI is InChI=1S/C9H20O2Si/c1-9(7-11-6-5-10)8-12(2,3)4/h10H,1,5-8H2,2-4H3. The Bertz CT molecular complexity index is 138. The summed E-state index contributed by atoms with van der Waals surface area (Å²) < 4.78 is 5.16. The molecule has 0 atom stereocenters. The van der Waals surface area contributed by atoms with Gasteiger partial charge in [0.1, 0.15) is 0 Å². The van der Waals surface area contributed by atoms with Crippen molar-refractivity contribution in [2.24, 2.45) is 0 Å². The predicted octanol–water partition coefficient (Wildman–Crippen LogP) is 1.89. The highest BCUT2D eigenvalue weighted by molar-refractivity contribution is 6.76. The van der Waals surface area contributed by atoms with Crippen molar-refractivity contribution in [3.8, 4) is 0 Å². The van der Waals surface area contributed by atoms with Gasteiger partial charge >= 0.3 is 0 Å². The molecule has 0 radical (unpaired) electrons. The molecule has 0 spiro atoms. The Kier molecular flexibility index (Phi) is 5.45.